The number of nitrogens with zero attached hydrogens (tertiary/aromatic N) is 2. The average Bonchev–Trinajstić information content (AvgIpc) is 3.03. The van der Waals surface area contributed by atoms with Gasteiger partial charge in [0.05, 0.1) is 23.4 Å². The second-order valence-corrected chi connectivity index (χ2v) is 7.45. The molecule has 0 aliphatic carbocycles. The van der Waals surface area contributed by atoms with Crippen LogP contribution in [0.4, 0.5) is 0 Å². The summed E-state index contributed by atoms with van der Waals surface area (Å²) in [5.41, 5.74) is 4.39. The van der Waals surface area contributed by atoms with Crippen LogP contribution in [0.2, 0.25) is 0 Å². The summed E-state index contributed by atoms with van der Waals surface area (Å²) in [6.07, 6.45) is 0.452. The van der Waals surface area contributed by atoms with Gasteiger partial charge in [-0.1, -0.05) is 48.5 Å². The van der Waals surface area contributed by atoms with Crippen molar-refractivity contribution < 1.29 is 4.79 Å². The maximum atomic E-state index is 12.7. The first-order chi connectivity index (χ1) is 13.2. The van der Waals surface area contributed by atoms with E-state index >= 15 is 0 Å². The van der Waals surface area contributed by atoms with Crippen molar-refractivity contribution in [3.05, 3.63) is 77.6 Å². The lowest BCUT2D eigenvalue weighted by molar-refractivity contribution is -0.134. The van der Waals surface area contributed by atoms with E-state index in [1.54, 1.807) is 0 Å². The van der Waals surface area contributed by atoms with Crippen LogP contribution in [0.15, 0.2) is 60.7 Å². The number of rotatable bonds is 3. The molecule has 1 saturated heterocycles. The standard InChI is InChI=1S/C23H21N3O/c1-15-9-10-20-21(11-15)25-23(24-20)18-13-26(14-18)22(27)12-17-7-4-6-16-5-2-3-8-19(16)17/h2-11,18H,12-14H2,1H3,(H,24,25). The van der Waals surface area contributed by atoms with E-state index in [1.165, 1.54) is 10.9 Å². The summed E-state index contributed by atoms with van der Waals surface area (Å²) >= 11 is 0. The van der Waals surface area contributed by atoms with E-state index < -0.39 is 0 Å². The number of amides is 1. The molecule has 1 aromatic heterocycles. The quantitative estimate of drug-likeness (QED) is 0.599. The molecule has 1 fully saturated rings. The summed E-state index contributed by atoms with van der Waals surface area (Å²) in [7, 11) is 0. The van der Waals surface area contributed by atoms with Gasteiger partial charge in [0.15, 0.2) is 0 Å². The molecule has 4 heteroatoms. The minimum Gasteiger partial charge on any atom is -0.342 e. The third-order valence-electron chi connectivity index (χ3n) is 5.50. The summed E-state index contributed by atoms with van der Waals surface area (Å²) < 4.78 is 0. The Bertz CT molecular complexity index is 1150. The van der Waals surface area contributed by atoms with Crippen molar-refractivity contribution in [1.29, 1.82) is 0 Å². The Labute approximate surface area is 157 Å². The van der Waals surface area contributed by atoms with Crippen molar-refractivity contribution in [2.75, 3.05) is 13.1 Å². The molecular formula is C23H21N3O. The van der Waals surface area contributed by atoms with Gasteiger partial charge in [-0.3, -0.25) is 4.79 Å². The molecule has 0 bridgehead atoms. The van der Waals surface area contributed by atoms with Crippen molar-refractivity contribution in [2.24, 2.45) is 0 Å². The number of hydrogen-bond acceptors (Lipinski definition) is 2. The lowest BCUT2D eigenvalue weighted by Crippen LogP contribution is -2.49. The third kappa shape index (κ3) is 2.87. The largest absolute Gasteiger partial charge is 0.342 e. The van der Waals surface area contributed by atoms with Crippen molar-refractivity contribution in [3.63, 3.8) is 0 Å². The van der Waals surface area contributed by atoms with Crippen LogP contribution in [0.3, 0.4) is 0 Å². The fraction of sp³-hybridized carbons (Fsp3) is 0.217. The fourth-order valence-corrected chi connectivity index (χ4v) is 3.91. The number of nitrogens with one attached hydrogen (secondary N) is 1. The Morgan fingerprint density at radius 2 is 1.93 bits per heavy atom. The number of likely N-dealkylation sites (tertiary alicyclic amines) is 1. The highest BCUT2D eigenvalue weighted by Gasteiger charge is 2.33. The normalized spacial score (nSPS) is 14.6. The summed E-state index contributed by atoms with van der Waals surface area (Å²) in [6, 6.07) is 20.7. The summed E-state index contributed by atoms with van der Waals surface area (Å²) in [6.45, 7) is 3.56. The van der Waals surface area contributed by atoms with Gasteiger partial charge in [-0.2, -0.15) is 0 Å². The van der Waals surface area contributed by atoms with Crippen molar-refractivity contribution in [3.8, 4) is 0 Å². The number of carbonyl (C=O) groups is 1. The van der Waals surface area contributed by atoms with Gasteiger partial charge in [0, 0.05) is 13.1 Å². The van der Waals surface area contributed by atoms with Gasteiger partial charge in [0.1, 0.15) is 5.82 Å². The van der Waals surface area contributed by atoms with Crippen LogP contribution < -0.4 is 0 Å². The highest BCUT2D eigenvalue weighted by Crippen LogP contribution is 2.28. The number of aryl methyl sites for hydroxylation is 1. The molecule has 134 valence electrons. The highest BCUT2D eigenvalue weighted by molar-refractivity contribution is 5.90. The van der Waals surface area contributed by atoms with E-state index in [0.29, 0.717) is 12.3 Å². The first kappa shape index (κ1) is 16.1. The SMILES string of the molecule is Cc1ccc2nc(C3CN(C(=O)Cc4cccc5ccccc45)C3)[nH]c2c1. The predicted molar refractivity (Wildman–Crippen MR) is 108 cm³/mol. The molecule has 4 aromatic rings. The Morgan fingerprint density at radius 1 is 1.11 bits per heavy atom. The number of benzene rings is 3. The average molecular weight is 355 g/mol. The van der Waals surface area contributed by atoms with Crippen LogP contribution in [0.25, 0.3) is 21.8 Å². The Morgan fingerprint density at radius 3 is 2.81 bits per heavy atom. The van der Waals surface area contributed by atoms with Crippen LogP contribution >= 0.6 is 0 Å². The topological polar surface area (TPSA) is 49.0 Å². The zero-order valence-corrected chi connectivity index (χ0v) is 15.3. The van der Waals surface area contributed by atoms with E-state index in [4.69, 9.17) is 4.98 Å². The molecule has 4 nitrogen and oxygen atoms in total. The van der Waals surface area contributed by atoms with Gasteiger partial charge < -0.3 is 9.88 Å². The minimum absolute atomic E-state index is 0.189. The zero-order valence-electron chi connectivity index (χ0n) is 15.3. The Hall–Kier alpha value is -3.14. The number of imidazole rings is 1. The van der Waals surface area contributed by atoms with Gasteiger partial charge >= 0.3 is 0 Å². The summed E-state index contributed by atoms with van der Waals surface area (Å²) in [4.78, 5) is 22.8. The van der Waals surface area contributed by atoms with Gasteiger partial charge in [-0.15, -0.1) is 0 Å². The molecule has 1 N–H and O–H groups in total. The Kier molecular flexibility index (Phi) is 3.71. The number of fused-ring (bicyclic) bond motifs is 2. The molecular weight excluding hydrogens is 334 g/mol. The van der Waals surface area contributed by atoms with E-state index in [-0.39, 0.29) is 5.91 Å². The smallest absolute Gasteiger partial charge is 0.227 e. The fourth-order valence-electron chi connectivity index (χ4n) is 3.91. The van der Waals surface area contributed by atoms with E-state index in [9.17, 15) is 4.79 Å². The summed E-state index contributed by atoms with van der Waals surface area (Å²) in [5, 5.41) is 2.35. The van der Waals surface area contributed by atoms with Gasteiger partial charge in [0.25, 0.3) is 0 Å². The van der Waals surface area contributed by atoms with Crippen molar-refractivity contribution in [1.82, 2.24) is 14.9 Å². The molecule has 0 saturated carbocycles. The van der Waals surface area contributed by atoms with E-state index in [1.807, 2.05) is 29.2 Å². The number of carbonyl (C=O) groups excluding carboxylic acids is 1. The molecule has 3 aromatic carbocycles. The predicted octanol–water partition coefficient (Wildman–Crippen LogP) is 4.19. The monoisotopic (exact) mass is 355 g/mol. The number of H-pyrrole nitrogens is 1. The van der Waals surface area contributed by atoms with Crippen LogP contribution in [-0.2, 0) is 11.2 Å². The minimum atomic E-state index is 0.189. The molecule has 27 heavy (non-hydrogen) atoms. The van der Waals surface area contributed by atoms with E-state index in [2.05, 4.69) is 48.3 Å². The third-order valence-corrected chi connectivity index (χ3v) is 5.50. The maximum Gasteiger partial charge on any atom is 0.227 e. The summed E-state index contributed by atoms with van der Waals surface area (Å²) in [5.74, 6) is 1.48. The Balaban J connectivity index is 1.29. The molecule has 2 heterocycles. The lowest BCUT2D eigenvalue weighted by Gasteiger charge is -2.38. The van der Waals surface area contributed by atoms with E-state index in [0.717, 1.165) is 40.9 Å². The van der Waals surface area contributed by atoms with Gasteiger partial charge in [-0.25, -0.2) is 4.98 Å². The molecule has 1 amide bonds. The molecule has 1 aliphatic heterocycles. The van der Waals surface area contributed by atoms with Crippen molar-refractivity contribution in [2.45, 2.75) is 19.3 Å². The molecule has 0 unspecified atom stereocenters. The first-order valence-corrected chi connectivity index (χ1v) is 9.38. The number of aromatic nitrogens is 2. The van der Waals surface area contributed by atoms with Crippen LogP contribution in [-0.4, -0.2) is 33.9 Å². The van der Waals surface area contributed by atoms with Gasteiger partial charge in [0.2, 0.25) is 5.91 Å². The molecule has 0 atom stereocenters. The van der Waals surface area contributed by atoms with Crippen LogP contribution in [0, 0.1) is 6.92 Å². The van der Waals surface area contributed by atoms with Crippen LogP contribution in [0.5, 0.6) is 0 Å². The lowest BCUT2D eigenvalue weighted by atomic mass is 9.97. The first-order valence-electron chi connectivity index (χ1n) is 9.38. The van der Waals surface area contributed by atoms with Crippen molar-refractivity contribution >= 4 is 27.7 Å². The molecule has 0 spiro atoms. The second-order valence-electron chi connectivity index (χ2n) is 7.45. The number of hydrogen-bond donors (Lipinski definition) is 1. The molecule has 0 radical (unpaired) electrons. The molecule has 1 aliphatic rings. The molecule has 5 rings (SSSR count). The highest BCUT2D eigenvalue weighted by atomic mass is 16.2. The van der Waals surface area contributed by atoms with Gasteiger partial charge in [-0.05, 0) is 41.0 Å². The second kappa shape index (κ2) is 6.23. The zero-order chi connectivity index (χ0) is 18.4. The maximum absolute atomic E-state index is 12.7. The van der Waals surface area contributed by atoms with Crippen LogP contribution in [0.1, 0.15) is 22.9 Å². The number of aromatic amines is 1.